The lowest BCUT2D eigenvalue weighted by Gasteiger charge is -2.05. The molecular formula is C13H10N4O4. The van der Waals surface area contributed by atoms with E-state index in [0.717, 1.165) is 0 Å². The average Bonchev–Trinajstić information content (AvgIpc) is 2.53. The number of hydrogen-bond donors (Lipinski definition) is 2. The summed E-state index contributed by atoms with van der Waals surface area (Å²) in [6, 6.07) is 11.4. The minimum absolute atomic E-state index is 0.0778. The van der Waals surface area contributed by atoms with Gasteiger partial charge < -0.3 is 10.3 Å². The van der Waals surface area contributed by atoms with Crippen molar-refractivity contribution in [3.63, 3.8) is 0 Å². The lowest BCUT2D eigenvalue weighted by molar-refractivity contribution is -0.439. The van der Waals surface area contributed by atoms with Crippen molar-refractivity contribution >= 4 is 23.0 Å². The first-order chi connectivity index (χ1) is 10.1. The Balaban J connectivity index is 2.14. The van der Waals surface area contributed by atoms with Crippen molar-refractivity contribution in [3.05, 3.63) is 64.2 Å². The van der Waals surface area contributed by atoms with E-state index in [-0.39, 0.29) is 16.9 Å². The number of carboxylic acids is 1. The number of nitrogens with zero attached hydrogens (tertiary/aromatic N) is 3. The van der Waals surface area contributed by atoms with Gasteiger partial charge in [0.25, 0.3) is 0 Å². The van der Waals surface area contributed by atoms with E-state index in [9.17, 15) is 14.9 Å². The van der Waals surface area contributed by atoms with Crippen molar-refractivity contribution < 1.29 is 14.8 Å². The minimum atomic E-state index is -1.07. The van der Waals surface area contributed by atoms with Gasteiger partial charge in [-0.3, -0.25) is 0 Å². The standard InChI is InChI=1S/C13H10N4O4/c18-13(19)9-2-1-3-11(8-9)14-16-17(21)12-6-4-10(15-20)5-7-12/h1-8,14H,(H,18,19)/b17-16-. The zero-order chi connectivity index (χ0) is 15.2. The van der Waals surface area contributed by atoms with Crippen LogP contribution in [-0.2, 0) is 0 Å². The van der Waals surface area contributed by atoms with Crippen molar-refractivity contribution in [1.29, 1.82) is 0 Å². The number of anilines is 1. The molecule has 0 aliphatic carbocycles. The molecule has 0 spiro atoms. The van der Waals surface area contributed by atoms with Crippen molar-refractivity contribution in [2.24, 2.45) is 10.4 Å². The lowest BCUT2D eigenvalue weighted by atomic mass is 10.2. The van der Waals surface area contributed by atoms with Gasteiger partial charge in [0.15, 0.2) is 5.69 Å². The molecule has 0 saturated carbocycles. The van der Waals surface area contributed by atoms with Gasteiger partial charge in [0.05, 0.1) is 10.8 Å². The Morgan fingerprint density at radius 2 is 1.90 bits per heavy atom. The van der Waals surface area contributed by atoms with E-state index in [1.165, 1.54) is 42.5 Å². The van der Waals surface area contributed by atoms with Gasteiger partial charge >= 0.3 is 5.97 Å². The third-order valence-corrected chi connectivity index (χ3v) is 2.56. The predicted molar refractivity (Wildman–Crippen MR) is 74.6 cm³/mol. The zero-order valence-electron chi connectivity index (χ0n) is 10.6. The number of carbonyl (C=O) groups is 1. The predicted octanol–water partition coefficient (Wildman–Crippen LogP) is 3.40. The number of nitrogens with one attached hydrogen (secondary N) is 1. The van der Waals surface area contributed by atoms with E-state index in [0.29, 0.717) is 10.5 Å². The van der Waals surface area contributed by atoms with Gasteiger partial charge in [-0.25, -0.2) is 4.79 Å². The maximum atomic E-state index is 11.7. The molecule has 106 valence electrons. The van der Waals surface area contributed by atoms with Gasteiger partial charge in [-0.2, -0.15) is 0 Å². The van der Waals surface area contributed by atoms with Gasteiger partial charge in [-0.1, -0.05) is 6.07 Å². The molecule has 0 atom stereocenters. The summed E-state index contributed by atoms with van der Waals surface area (Å²) in [5.74, 6) is -1.07. The zero-order valence-corrected chi connectivity index (χ0v) is 10.6. The minimum Gasteiger partial charge on any atom is -0.691 e. The molecule has 0 saturated heterocycles. The highest BCUT2D eigenvalue weighted by Gasteiger charge is 2.05. The number of hydrogen-bond acceptors (Lipinski definition) is 5. The topological polar surface area (TPSA) is 117 Å². The Kier molecular flexibility index (Phi) is 4.20. The molecule has 8 heteroatoms. The van der Waals surface area contributed by atoms with Crippen LogP contribution < -0.4 is 5.43 Å². The van der Waals surface area contributed by atoms with Crippen LogP contribution in [0.1, 0.15) is 10.4 Å². The maximum absolute atomic E-state index is 11.7. The average molecular weight is 286 g/mol. The highest BCUT2D eigenvalue weighted by atomic mass is 16.5. The summed E-state index contributed by atoms with van der Waals surface area (Å²) in [5, 5.41) is 26.8. The quantitative estimate of drug-likeness (QED) is 0.378. The number of benzene rings is 2. The number of carboxylic acid groups (broad SMARTS) is 1. The van der Waals surface area contributed by atoms with Crippen molar-refractivity contribution in [2.45, 2.75) is 0 Å². The summed E-state index contributed by atoms with van der Waals surface area (Å²) in [6.45, 7) is 0. The SMILES string of the molecule is O=Nc1ccc(/[N+]([O-])=N/Nc2cccc(C(=O)O)c2)cc1. The summed E-state index contributed by atoms with van der Waals surface area (Å²) in [7, 11) is 0. The second kappa shape index (κ2) is 6.24. The van der Waals surface area contributed by atoms with Gasteiger partial charge in [-0.15, -0.1) is 15.2 Å². The van der Waals surface area contributed by atoms with E-state index in [1.54, 1.807) is 6.07 Å². The smallest absolute Gasteiger partial charge is 0.335 e. The van der Waals surface area contributed by atoms with Gasteiger partial charge in [-0.05, 0) is 41.6 Å². The Hall–Kier alpha value is -3.29. The van der Waals surface area contributed by atoms with E-state index < -0.39 is 5.97 Å². The Bertz CT molecular complexity index is 698. The van der Waals surface area contributed by atoms with Crippen LogP contribution in [0.15, 0.2) is 58.9 Å². The third kappa shape index (κ3) is 3.60. The Morgan fingerprint density at radius 3 is 2.52 bits per heavy atom. The first-order valence-electron chi connectivity index (χ1n) is 5.81. The van der Waals surface area contributed by atoms with Crippen LogP contribution in [0.4, 0.5) is 17.1 Å². The van der Waals surface area contributed by atoms with E-state index in [1.807, 2.05) is 0 Å². The van der Waals surface area contributed by atoms with Crippen LogP contribution in [0.5, 0.6) is 0 Å². The molecule has 2 N–H and O–H groups in total. The highest BCUT2D eigenvalue weighted by Crippen LogP contribution is 2.18. The molecule has 0 aliphatic heterocycles. The van der Waals surface area contributed by atoms with Crippen LogP contribution in [0.2, 0.25) is 0 Å². The van der Waals surface area contributed by atoms with E-state index in [2.05, 4.69) is 15.8 Å². The summed E-state index contributed by atoms with van der Waals surface area (Å²) in [6.07, 6.45) is 0. The Morgan fingerprint density at radius 1 is 1.19 bits per heavy atom. The largest absolute Gasteiger partial charge is 0.691 e. The molecule has 0 amide bonds. The molecule has 0 aromatic heterocycles. The first-order valence-corrected chi connectivity index (χ1v) is 5.81. The van der Waals surface area contributed by atoms with Crippen LogP contribution in [0, 0.1) is 10.1 Å². The molecular weight excluding hydrogens is 276 g/mol. The van der Waals surface area contributed by atoms with Crippen LogP contribution in [0.25, 0.3) is 0 Å². The van der Waals surface area contributed by atoms with E-state index >= 15 is 0 Å². The molecule has 0 heterocycles. The molecule has 0 bridgehead atoms. The molecule has 21 heavy (non-hydrogen) atoms. The van der Waals surface area contributed by atoms with Crippen LogP contribution >= 0.6 is 0 Å². The fourth-order valence-electron chi connectivity index (χ4n) is 1.52. The summed E-state index contributed by atoms with van der Waals surface area (Å²) >= 11 is 0. The number of rotatable bonds is 5. The normalized spacial score (nSPS) is 11.0. The molecule has 0 unspecified atom stereocenters. The number of aromatic carboxylic acids is 1. The van der Waals surface area contributed by atoms with Gasteiger partial charge in [0.2, 0.25) is 0 Å². The monoisotopic (exact) mass is 286 g/mol. The molecule has 0 radical (unpaired) electrons. The lowest BCUT2D eigenvalue weighted by Crippen LogP contribution is -2.00. The van der Waals surface area contributed by atoms with Gasteiger partial charge in [0, 0.05) is 6.07 Å². The van der Waals surface area contributed by atoms with Crippen molar-refractivity contribution in [2.75, 3.05) is 5.43 Å². The summed E-state index contributed by atoms with van der Waals surface area (Å²) in [5.41, 5.74) is 3.30. The molecule has 2 rings (SSSR count). The summed E-state index contributed by atoms with van der Waals surface area (Å²) in [4.78, 5) is 21.4. The second-order valence-electron chi connectivity index (χ2n) is 3.98. The third-order valence-electron chi connectivity index (χ3n) is 2.56. The van der Waals surface area contributed by atoms with E-state index in [4.69, 9.17) is 5.11 Å². The van der Waals surface area contributed by atoms with Crippen LogP contribution in [-0.4, -0.2) is 15.9 Å². The number of nitroso groups, excluding NO2 is 1. The molecule has 2 aromatic carbocycles. The molecule has 0 aliphatic rings. The fraction of sp³-hybridized carbons (Fsp3) is 0. The second-order valence-corrected chi connectivity index (χ2v) is 3.98. The van der Waals surface area contributed by atoms with Gasteiger partial charge in [0.1, 0.15) is 11.4 Å². The fourth-order valence-corrected chi connectivity index (χ4v) is 1.52. The molecule has 8 nitrogen and oxygen atoms in total. The maximum Gasteiger partial charge on any atom is 0.335 e. The van der Waals surface area contributed by atoms with Crippen LogP contribution in [0.3, 0.4) is 0 Å². The molecule has 2 aromatic rings. The Labute approximate surface area is 118 Å². The summed E-state index contributed by atoms with van der Waals surface area (Å²) < 4.78 is 0. The van der Waals surface area contributed by atoms with Crippen molar-refractivity contribution in [1.82, 2.24) is 0 Å². The first kappa shape index (κ1) is 14.1. The van der Waals surface area contributed by atoms with Crippen molar-refractivity contribution in [3.8, 4) is 0 Å². The highest BCUT2D eigenvalue weighted by molar-refractivity contribution is 5.88. The molecule has 0 fully saturated rings.